The Hall–Kier alpha value is -2.43. The Balaban J connectivity index is 2.48. The Morgan fingerprint density at radius 2 is 1.72 bits per heavy atom. The van der Waals surface area contributed by atoms with Crippen LogP contribution in [0.2, 0.25) is 10.0 Å². The minimum atomic E-state index is -4.08. The van der Waals surface area contributed by atoms with Gasteiger partial charge in [-0.1, -0.05) is 50.0 Å². The van der Waals surface area contributed by atoms with Crippen LogP contribution in [0.3, 0.4) is 0 Å². The summed E-state index contributed by atoms with van der Waals surface area (Å²) >= 11 is 12.3. The van der Waals surface area contributed by atoms with E-state index in [1.165, 1.54) is 11.0 Å². The number of carbonyl (C=O) groups is 2. The molecule has 0 aromatic heterocycles. The molecular formula is C24H29Cl2F2N3O4S. The van der Waals surface area contributed by atoms with Gasteiger partial charge in [0.05, 0.1) is 11.9 Å². The van der Waals surface area contributed by atoms with Crippen molar-refractivity contribution in [2.45, 2.75) is 39.8 Å². The van der Waals surface area contributed by atoms with Crippen LogP contribution in [0.4, 0.5) is 14.5 Å². The molecule has 0 aliphatic heterocycles. The van der Waals surface area contributed by atoms with E-state index in [9.17, 15) is 26.8 Å². The maximum Gasteiger partial charge on any atom is 0.244 e. The summed E-state index contributed by atoms with van der Waals surface area (Å²) in [4.78, 5) is 27.8. The van der Waals surface area contributed by atoms with Gasteiger partial charge in [0.1, 0.15) is 12.6 Å². The van der Waals surface area contributed by atoms with Gasteiger partial charge in [0.2, 0.25) is 21.8 Å². The van der Waals surface area contributed by atoms with Gasteiger partial charge in [0, 0.05) is 29.2 Å². The molecule has 36 heavy (non-hydrogen) atoms. The van der Waals surface area contributed by atoms with Gasteiger partial charge < -0.3 is 10.2 Å². The maximum absolute atomic E-state index is 13.9. The van der Waals surface area contributed by atoms with Crippen molar-refractivity contribution in [3.05, 3.63) is 63.6 Å². The average Bonchev–Trinajstić information content (AvgIpc) is 2.78. The first-order valence-electron chi connectivity index (χ1n) is 11.2. The predicted molar refractivity (Wildman–Crippen MR) is 137 cm³/mol. The molecule has 0 spiro atoms. The predicted octanol–water partition coefficient (Wildman–Crippen LogP) is 4.62. The van der Waals surface area contributed by atoms with E-state index in [-0.39, 0.29) is 29.6 Å². The molecule has 0 aliphatic rings. The number of hydrogen-bond acceptors (Lipinski definition) is 4. The number of anilines is 1. The second-order valence-corrected chi connectivity index (χ2v) is 11.4. The fourth-order valence-electron chi connectivity index (χ4n) is 3.43. The van der Waals surface area contributed by atoms with Crippen molar-refractivity contribution in [1.82, 2.24) is 10.2 Å². The van der Waals surface area contributed by atoms with Crippen LogP contribution in [-0.4, -0.2) is 50.5 Å². The van der Waals surface area contributed by atoms with E-state index >= 15 is 0 Å². The molecule has 0 heterocycles. The lowest BCUT2D eigenvalue weighted by atomic mass is 10.1. The molecule has 2 amide bonds. The van der Waals surface area contributed by atoms with Gasteiger partial charge >= 0.3 is 0 Å². The summed E-state index contributed by atoms with van der Waals surface area (Å²) in [6, 6.07) is 6.24. The summed E-state index contributed by atoms with van der Waals surface area (Å²) in [6.45, 7) is 5.07. The summed E-state index contributed by atoms with van der Waals surface area (Å²) in [5.41, 5.74) is 0.259. The van der Waals surface area contributed by atoms with E-state index in [1.807, 2.05) is 13.8 Å². The second kappa shape index (κ2) is 12.7. The first kappa shape index (κ1) is 29.8. The van der Waals surface area contributed by atoms with Gasteiger partial charge in [-0.05, 0) is 42.2 Å². The normalized spacial score (nSPS) is 12.4. The zero-order valence-corrected chi connectivity index (χ0v) is 22.7. The number of hydrogen-bond donors (Lipinski definition) is 1. The monoisotopic (exact) mass is 563 g/mol. The molecule has 0 aliphatic carbocycles. The molecule has 1 atom stereocenters. The molecule has 198 valence electrons. The molecule has 0 unspecified atom stereocenters. The topological polar surface area (TPSA) is 86.8 Å². The minimum Gasteiger partial charge on any atom is -0.354 e. The van der Waals surface area contributed by atoms with Crippen molar-refractivity contribution in [2.24, 2.45) is 5.92 Å². The first-order chi connectivity index (χ1) is 16.7. The van der Waals surface area contributed by atoms with Crippen LogP contribution in [0.5, 0.6) is 0 Å². The van der Waals surface area contributed by atoms with Gasteiger partial charge in [-0.15, -0.1) is 0 Å². The van der Waals surface area contributed by atoms with Crippen molar-refractivity contribution in [3.63, 3.8) is 0 Å². The smallest absolute Gasteiger partial charge is 0.244 e. The van der Waals surface area contributed by atoms with Crippen molar-refractivity contribution < 1.29 is 26.8 Å². The number of halogens is 4. The van der Waals surface area contributed by atoms with E-state index < -0.39 is 46.1 Å². The molecule has 0 bridgehead atoms. The van der Waals surface area contributed by atoms with Crippen LogP contribution in [0.1, 0.15) is 32.8 Å². The second-order valence-electron chi connectivity index (χ2n) is 8.69. The van der Waals surface area contributed by atoms with E-state index in [1.54, 1.807) is 19.1 Å². The summed E-state index contributed by atoms with van der Waals surface area (Å²) in [5, 5.41) is 3.44. The molecule has 2 aromatic rings. The molecule has 0 saturated carbocycles. The summed E-state index contributed by atoms with van der Waals surface area (Å²) in [7, 11) is -4.08. The number of nitrogens with one attached hydrogen (secondary N) is 1. The van der Waals surface area contributed by atoms with Crippen LogP contribution in [0.25, 0.3) is 0 Å². The molecule has 0 fully saturated rings. The lowest BCUT2D eigenvalue weighted by Gasteiger charge is -2.33. The van der Waals surface area contributed by atoms with Crippen LogP contribution in [0, 0.1) is 17.6 Å². The number of sulfonamides is 1. The highest BCUT2D eigenvalue weighted by Crippen LogP contribution is 2.25. The quantitative estimate of drug-likeness (QED) is 0.432. The zero-order chi connectivity index (χ0) is 27.2. The Bertz CT molecular complexity index is 1210. The molecule has 7 nitrogen and oxygen atoms in total. The molecule has 0 radical (unpaired) electrons. The number of benzene rings is 2. The third kappa shape index (κ3) is 8.04. The molecule has 0 saturated heterocycles. The third-order valence-corrected chi connectivity index (χ3v) is 7.02. The van der Waals surface area contributed by atoms with Gasteiger partial charge in [-0.3, -0.25) is 13.9 Å². The summed E-state index contributed by atoms with van der Waals surface area (Å²) < 4.78 is 53.0. The standard InChI is InChI=1S/C24H29Cl2F2N3O4S/c1-5-22(24(33)29-12-15(2)3)30(13-16-6-7-17(25)10-19(16)26)23(32)14-31(36(4,34)35)18-8-9-20(27)21(28)11-18/h6-11,15,22H,5,12-14H2,1-4H3,(H,29,33)/t22-/m1/s1. The lowest BCUT2D eigenvalue weighted by Crippen LogP contribution is -2.52. The largest absolute Gasteiger partial charge is 0.354 e. The van der Waals surface area contributed by atoms with Crippen molar-refractivity contribution in [1.29, 1.82) is 0 Å². The summed E-state index contributed by atoms with van der Waals surface area (Å²) in [5.74, 6) is -3.41. The van der Waals surface area contributed by atoms with Crippen molar-refractivity contribution in [3.8, 4) is 0 Å². The number of amides is 2. The molecular weight excluding hydrogens is 535 g/mol. The van der Waals surface area contributed by atoms with Gasteiger partial charge in [0.25, 0.3) is 0 Å². The first-order valence-corrected chi connectivity index (χ1v) is 13.8. The fraction of sp³-hybridized carbons (Fsp3) is 0.417. The highest BCUT2D eigenvalue weighted by molar-refractivity contribution is 7.92. The average molecular weight is 564 g/mol. The van der Waals surface area contributed by atoms with E-state index in [4.69, 9.17) is 23.2 Å². The maximum atomic E-state index is 13.9. The molecule has 2 rings (SSSR count). The summed E-state index contributed by atoms with van der Waals surface area (Å²) in [6.07, 6.45) is 1.07. The zero-order valence-electron chi connectivity index (χ0n) is 20.4. The number of rotatable bonds is 11. The van der Waals surface area contributed by atoms with Crippen molar-refractivity contribution in [2.75, 3.05) is 23.7 Å². The Labute approximate surface area is 220 Å². The van der Waals surface area contributed by atoms with E-state index in [0.717, 1.165) is 18.4 Å². The van der Waals surface area contributed by atoms with Gasteiger partial charge in [-0.25, -0.2) is 17.2 Å². The minimum absolute atomic E-state index is 0.113. The van der Waals surface area contributed by atoms with Crippen LogP contribution >= 0.6 is 23.2 Å². The van der Waals surface area contributed by atoms with Crippen molar-refractivity contribution >= 4 is 50.7 Å². The SMILES string of the molecule is CC[C@H](C(=O)NCC(C)C)N(Cc1ccc(Cl)cc1Cl)C(=O)CN(c1ccc(F)c(F)c1)S(C)(=O)=O. The highest BCUT2D eigenvalue weighted by atomic mass is 35.5. The Morgan fingerprint density at radius 1 is 1.06 bits per heavy atom. The highest BCUT2D eigenvalue weighted by Gasteiger charge is 2.32. The molecule has 2 aromatic carbocycles. The van der Waals surface area contributed by atoms with Gasteiger partial charge in [0.15, 0.2) is 11.6 Å². The van der Waals surface area contributed by atoms with Crippen LogP contribution in [0.15, 0.2) is 36.4 Å². The molecule has 12 heteroatoms. The fourth-order valence-corrected chi connectivity index (χ4v) is 4.74. The van der Waals surface area contributed by atoms with Crippen LogP contribution in [-0.2, 0) is 26.2 Å². The Morgan fingerprint density at radius 3 is 2.25 bits per heavy atom. The lowest BCUT2D eigenvalue weighted by molar-refractivity contribution is -0.140. The van der Waals surface area contributed by atoms with Gasteiger partial charge in [-0.2, -0.15) is 0 Å². The van der Waals surface area contributed by atoms with Crippen LogP contribution < -0.4 is 9.62 Å². The van der Waals surface area contributed by atoms with E-state index in [0.29, 0.717) is 27.5 Å². The Kier molecular flexibility index (Phi) is 10.5. The third-order valence-electron chi connectivity index (χ3n) is 5.30. The van der Waals surface area contributed by atoms with E-state index in [2.05, 4.69) is 5.32 Å². The number of carbonyl (C=O) groups excluding carboxylic acids is 2. The molecule has 1 N–H and O–H groups in total. The number of nitrogens with zero attached hydrogens (tertiary/aromatic N) is 2.